The van der Waals surface area contributed by atoms with Crippen LogP contribution in [0, 0.1) is 0 Å². The summed E-state index contributed by atoms with van der Waals surface area (Å²) in [6.07, 6.45) is 0. The monoisotopic (exact) mass is 316 g/mol. The van der Waals surface area contributed by atoms with Crippen LogP contribution >= 0.6 is 23.2 Å². The first-order valence-corrected chi connectivity index (χ1v) is 7.22. The second-order valence-corrected chi connectivity index (χ2v) is 6.31. The van der Waals surface area contributed by atoms with E-state index < -0.39 is 0 Å². The van der Waals surface area contributed by atoms with Crippen LogP contribution in [-0.4, -0.2) is 42.6 Å². The van der Waals surface area contributed by atoms with Crippen LogP contribution in [0.15, 0.2) is 18.2 Å². The molecule has 1 aliphatic rings. The zero-order valence-electron chi connectivity index (χ0n) is 11.6. The Hall–Kier alpha value is -0.810. The van der Waals surface area contributed by atoms with E-state index in [1.54, 1.807) is 18.2 Å². The number of nitrogens with zero attached hydrogens (tertiary/aromatic N) is 1. The first kappa shape index (κ1) is 15.6. The van der Waals surface area contributed by atoms with Gasteiger partial charge in [0.2, 0.25) is 5.91 Å². The fraction of sp³-hybridized carbons (Fsp3) is 0.500. The van der Waals surface area contributed by atoms with Gasteiger partial charge in [-0.3, -0.25) is 9.69 Å². The lowest BCUT2D eigenvalue weighted by atomic mass is 10.1. The molecule has 20 heavy (non-hydrogen) atoms. The van der Waals surface area contributed by atoms with Gasteiger partial charge >= 0.3 is 0 Å². The van der Waals surface area contributed by atoms with Crippen molar-refractivity contribution in [3.63, 3.8) is 0 Å². The average Bonchev–Trinajstić information content (AvgIpc) is 2.32. The second kappa shape index (κ2) is 6.31. The molecule has 1 N–H and O–H groups in total. The molecule has 0 aromatic heterocycles. The number of rotatable bonds is 3. The van der Waals surface area contributed by atoms with Gasteiger partial charge in [-0.1, -0.05) is 23.2 Å². The summed E-state index contributed by atoms with van der Waals surface area (Å²) in [7, 11) is 0. The molecule has 1 fully saturated rings. The van der Waals surface area contributed by atoms with Crippen LogP contribution in [0.1, 0.15) is 13.8 Å². The molecule has 1 amide bonds. The third-order valence-electron chi connectivity index (χ3n) is 3.08. The highest BCUT2D eigenvalue weighted by Gasteiger charge is 2.28. The van der Waals surface area contributed by atoms with Crippen molar-refractivity contribution in [1.29, 1.82) is 0 Å². The van der Waals surface area contributed by atoms with Crippen LogP contribution in [-0.2, 0) is 9.53 Å². The van der Waals surface area contributed by atoms with Crippen LogP contribution in [0.2, 0.25) is 10.0 Å². The van der Waals surface area contributed by atoms with Gasteiger partial charge in [-0.15, -0.1) is 0 Å². The summed E-state index contributed by atoms with van der Waals surface area (Å²) in [5.41, 5.74) is 0.444. The van der Waals surface area contributed by atoms with Crippen LogP contribution in [0.25, 0.3) is 0 Å². The molecule has 1 aromatic carbocycles. The summed E-state index contributed by atoms with van der Waals surface area (Å²) in [6.45, 7) is 6.53. The number of benzene rings is 1. The number of morpholine rings is 1. The number of ether oxygens (including phenoxy) is 1. The number of carbonyl (C=O) groups excluding carboxylic acids is 1. The Kier molecular flexibility index (Phi) is 4.91. The summed E-state index contributed by atoms with van der Waals surface area (Å²) < 4.78 is 5.62. The summed E-state index contributed by atoms with van der Waals surface area (Å²) in [6, 6.07) is 5.04. The molecule has 0 unspecified atom stereocenters. The van der Waals surface area contributed by atoms with Gasteiger partial charge in [-0.25, -0.2) is 0 Å². The summed E-state index contributed by atoms with van der Waals surface area (Å²) in [4.78, 5) is 14.1. The van der Waals surface area contributed by atoms with Gasteiger partial charge in [0.05, 0.1) is 28.8 Å². The van der Waals surface area contributed by atoms with Crippen molar-refractivity contribution in [3.05, 3.63) is 28.2 Å². The SMILES string of the molecule is CC1(C)CN(CC(=O)Nc2ccc(Cl)c(Cl)c2)CCO1. The number of hydrogen-bond donors (Lipinski definition) is 1. The van der Waals surface area contributed by atoms with E-state index in [4.69, 9.17) is 27.9 Å². The van der Waals surface area contributed by atoms with Crippen molar-refractivity contribution in [2.45, 2.75) is 19.4 Å². The fourth-order valence-corrected chi connectivity index (χ4v) is 2.52. The topological polar surface area (TPSA) is 41.6 Å². The first-order valence-electron chi connectivity index (χ1n) is 6.47. The summed E-state index contributed by atoms with van der Waals surface area (Å²) >= 11 is 11.8. The number of carbonyl (C=O) groups is 1. The largest absolute Gasteiger partial charge is 0.373 e. The molecule has 0 atom stereocenters. The van der Waals surface area contributed by atoms with E-state index in [0.29, 0.717) is 28.9 Å². The minimum Gasteiger partial charge on any atom is -0.373 e. The van der Waals surface area contributed by atoms with E-state index in [-0.39, 0.29) is 11.5 Å². The first-order chi connectivity index (χ1) is 9.35. The highest BCUT2D eigenvalue weighted by molar-refractivity contribution is 6.42. The minimum atomic E-state index is -0.206. The van der Waals surface area contributed by atoms with Crippen molar-refractivity contribution >= 4 is 34.8 Å². The lowest BCUT2D eigenvalue weighted by molar-refractivity contribution is -0.122. The van der Waals surface area contributed by atoms with Gasteiger partial charge in [0.25, 0.3) is 0 Å². The lowest BCUT2D eigenvalue weighted by Gasteiger charge is -2.37. The molecule has 1 heterocycles. The standard InChI is InChI=1S/C14H18Cl2N2O2/c1-14(2)9-18(5-6-20-14)8-13(19)17-10-3-4-11(15)12(16)7-10/h3-4,7H,5-6,8-9H2,1-2H3,(H,17,19). The molecule has 6 heteroatoms. The third kappa shape index (κ3) is 4.35. The number of halogens is 2. The third-order valence-corrected chi connectivity index (χ3v) is 3.81. The lowest BCUT2D eigenvalue weighted by Crippen LogP contribution is -2.50. The normalized spacial score (nSPS) is 18.8. The van der Waals surface area contributed by atoms with Crippen molar-refractivity contribution in [2.24, 2.45) is 0 Å². The van der Waals surface area contributed by atoms with Gasteiger partial charge in [-0.2, -0.15) is 0 Å². The molecule has 110 valence electrons. The Balaban J connectivity index is 1.90. The molecular weight excluding hydrogens is 299 g/mol. The average molecular weight is 317 g/mol. The van der Waals surface area contributed by atoms with E-state index in [2.05, 4.69) is 10.2 Å². The Morgan fingerprint density at radius 3 is 2.80 bits per heavy atom. The quantitative estimate of drug-likeness (QED) is 0.932. The predicted molar refractivity (Wildman–Crippen MR) is 81.6 cm³/mol. The fourth-order valence-electron chi connectivity index (χ4n) is 2.23. The molecule has 2 rings (SSSR count). The van der Waals surface area contributed by atoms with Crippen LogP contribution in [0.3, 0.4) is 0 Å². The minimum absolute atomic E-state index is 0.0684. The van der Waals surface area contributed by atoms with Gasteiger partial charge in [0.15, 0.2) is 0 Å². The molecule has 0 spiro atoms. The zero-order valence-corrected chi connectivity index (χ0v) is 13.1. The number of hydrogen-bond acceptors (Lipinski definition) is 3. The van der Waals surface area contributed by atoms with E-state index in [0.717, 1.165) is 13.1 Å². The van der Waals surface area contributed by atoms with E-state index >= 15 is 0 Å². The van der Waals surface area contributed by atoms with Crippen molar-refractivity contribution < 1.29 is 9.53 Å². The molecule has 1 saturated heterocycles. The van der Waals surface area contributed by atoms with E-state index in [1.165, 1.54) is 0 Å². The predicted octanol–water partition coefficient (Wildman–Crippen LogP) is 3.04. The van der Waals surface area contributed by atoms with Crippen molar-refractivity contribution in [1.82, 2.24) is 4.90 Å². The van der Waals surface area contributed by atoms with Crippen LogP contribution < -0.4 is 5.32 Å². The maximum atomic E-state index is 12.0. The molecule has 0 saturated carbocycles. The highest BCUT2D eigenvalue weighted by atomic mass is 35.5. The number of anilines is 1. The maximum absolute atomic E-state index is 12.0. The summed E-state index contributed by atoms with van der Waals surface area (Å²) in [5, 5.41) is 3.72. The second-order valence-electron chi connectivity index (χ2n) is 5.50. The Morgan fingerprint density at radius 1 is 1.40 bits per heavy atom. The molecule has 0 radical (unpaired) electrons. The van der Waals surface area contributed by atoms with Gasteiger partial charge < -0.3 is 10.1 Å². The van der Waals surface area contributed by atoms with Crippen molar-refractivity contribution in [2.75, 3.05) is 31.6 Å². The molecular formula is C14H18Cl2N2O2. The zero-order chi connectivity index (χ0) is 14.8. The molecule has 0 bridgehead atoms. The van der Waals surface area contributed by atoms with Crippen LogP contribution in [0.5, 0.6) is 0 Å². The molecule has 4 nitrogen and oxygen atoms in total. The molecule has 0 aliphatic carbocycles. The highest BCUT2D eigenvalue weighted by Crippen LogP contribution is 2.25. The number of nitrogens with one attached hydrogen (secondary N) is 1. The Bertz CT molecular complexity index is 506. The Labute approximate surface area is 129 Å². The Morgan fingerprint density at radius 2 is 2.15 bits per heavy atom. The van der Waals surface area contributed by atoms with Crippen LogP contribution in [0.4, 0.5) is 5.69 Å². The summed E-state index contributed by atoms with van der Waals surface area (Å²) in [5.74, 6) is -0.0684. The molecule has 1 aliphatic heterocycles. The van der Waals surface area contributed by atoms with E-state index in [9.17, 15) is 4.79 Å². The van der Waals surface area contributed by atoms with Gasteiger partial charge in [-0.05, 0) is 32.0 Å². The molecule has 1 aromatic rings. The van der Waals surface area contributed by atoms with Crippen molar-refractivity contribution in [3.8, 4) is 0 Å². The smallest absolute Gasteiger partial charge is 0.238 e. The van der Waals surface area contributed by atoms with Gasteiger partial charge in [0.1, 0.15) is 0 Å². The van der Waals surface area contributed by atoms with E-state index in [1.807, 2.05) is 13.8 Å². The maximum Gasteiger partial charge on any atom is 0.238 e. The number of amides is 1. The van der Waals surface area contributed by atoms with Gasteiger partial charge in [0, 0.05) is 18.8 Å².